The number of carbonyl (C=O) groups excluding carboxylic acids is 2. The smallest absolute Gasteiger partial charge is 0.322 e. The van der Waals surface area contributed by atoms with Gasteiger partial charge in [-0.05, 0) is 25.5 Å². The van der Waals surface area contributed by atoms with Gasteiger partial charge in [-0.2, -0.15) is 4.31 Å². The molecule has 0 bridgehead atoms. The summed E-state index contributed by atoms with van der Waals surface area (Å²) in [7, 11) is -3.60. The summed E-state index contributed by atoms with van der Waals surface area (Å²) < 4.78 is 26.5. The quantitative estimate of drug-likeness (QED) is 0.753. The summed E-state index contributed by atoms with van der Waals surface area (Å²) in [5.74, 6) is -0.456. The maximum absolute atomic E-state index is 12.5. The number of amides is 3. The first-order chi connectivity index (χ1) is 9.33. The third-order valence-electron chi connectivity index (χ3n) is 3.56. The Morgan fingerprint density at radius 3 is 2.65 bits per heavy atom. The number of aryl methyl sites for hydroxylation is 1. The Bertz CT molecular complexity index is 696. The summed E-state index contributed by atoms with van der Waals surface area (Å²) in [6, 6.07) is 2.74. The van der Waals surface area contributed by atoms with E-state index in [0.717, 1.165) is 4.88 Å². The van der Waals surface area contributed by atoms with E-state index in [1.165, 1.54) is 15.6 Å². The van der Waals surface area contributed by atoms with Gasteiger partial charge in [0.25, 0.3) is 15.9 Å². The van der Waals surface area contributed by atoms with E-state index in [-0.39, 0.29) is 23.7 Å². The van der Waals surface area contributed by atoms with Crippen LogP contribution in [-0.4, -0.2) is 43.3 Å². The van der Waals surface area contributed by atoms with Crippen LogP contribution in [0.5, 0.6) is 0 Å². The molecular weight excluding hydrogens is 302 g/mol. The van der Waals surface area contributed by atoms with Gasteiger partial charge in [0.15, 0.2) is 0 Å². The normalized spacial score (nSPS) is 27.1. The van der Waals surface area contributed by atoms with Gasteiger partial charge in [-0.15, -0.1) is 11.3 Å². The van der Waals surface area contributed by atoms with Crippen LogP contribution in [0.15, 0.2) is 16.3 Å². The number of thiophene rings is 1. The molecule has 2 fully saturated rings. The fourth-order valence-corrected chi connectivity index (χ4v) is 5.41. The lowest BCUT2D eigenvalue weighted by Gasteiger charge is -2.20. The van der Waals surface area contributed by atoms with Crippen LogP contribution in [0, 0.1) is 6.92 Å². The highest BCUT2D eigenvalue weighted by Crippen LogP contribution is 2.31. The van der Waals surface area contributed by atoms with E-state index in [1.807, 2.05) is 6.92 Å². The molecule has 1 unspecified atom stereocenters. The summed E-state index contributed by atoms with van der Waals surface area (Å²) >= 11 is 1.20. The molecule has 2 aliphatic heterocycles. The zero-order chi connectivity index (χ0) is 14.5. The van der Waals surface area contributed by atoms with Crippen LogP contribution < -0.4 is 10.6 Å². The highest BCUT2D eigenvalue weighted by Gasteiger charge is 2.53. The molecule has 2 aliphatic rings. The average Bonchev–Trinajstić information content (AvgIpc) is 3.02. The number of rotatable bonds is 2. The topological polar surface area (TPSA) is 95.6 Å². The second-order valence-electron chi connectivity index (χ2n) is 4.94. The Kier molecular flexibility index (Phi) is 2.89. The third kappa shape index (κ3) is 1.93. The number of imide groups is 1. The van der Waals surface area contributed by atoms with Crippen molar-refractivity contribution in [3.63, 3.8) is 0 Å². The van der Waals surface area contributed by atoms with Crippen LogP contribution in [0.3, 0.4) is 0 Å². The molecule has 0 saturated carbocycles. The summed E-state index contributed by atoms with van der Waals surface area (Å²) in [5, 5.41) is 4.69. The number of urea groups is 1. The van der Waals surface area contributed by atoms with Crippen molar-refractivity contribution in [3.8, 4) is 0 Å². The number of nitrogens with one attached hydrogen (secondary N) is 2. The molecule has 1 aromatic rings. The molecule has 3 heterocycles. The van der Waals surface area contributed by atoms with Crippen LogP contribution in [0.1, 0.15) is 11.3 Å². The summed E-state index contributed by atoms with van der Waals surface area (Å²) in [6.07, 6.45) is 0.286. The minimum absolute atomic E-state index is 0.0240. The zero-order valence-electron chi connectivity index (χ0n) is 10.7. The van der Waals surface area contributed by atoms with Crippen LogP contribution >= 0.6 is 11.3 Å². The van der Waals surface area contributed by atoms with E-state index in [0.29, 0.717) is 0 Å². The van der Waals surface area contributed by atoms with E-state index in [9.17, 15) is 18.0 Å². The molecule has 20 heavy (non-hydrogen) atoms. The molecule has 1 atom stereocenters. The second kappa shape index (κ2) is 4.27. The molecule has 108 valence electrons. The first kappa shape index (κ1) is 13.5. The molecule has 0 aliphatic carbocycles. The lowest BCUT2D eigenvalue weighted by Crippen LogP contribution is -2.49. The third-order valence-corrected chi connectivity index (χ3v) is 6.87. The Hall–Kier alpha value is -1.45. The average molecular weight is 315 g/mol. The predicted molar refractivity (Wildman–Crippen MR) is 71.8 cm³/mol. The van der Waals surface area contributed by atoms with Crippen molar-refractivity contribution in [2.24, 2.45) is 0 Å². The van der Waals surface area contributed by atoms with E-state index < -0.39 is 27.5 Å². The molecule has 0 radical (unpaired) electrons. The van der Waals surface area contributed by atoms with Crippen molar-refractivity contribution in [1.82, 2.24) is 14.9 Å². The van der Waals surface area contributed by atoms with Gasteiger partial charge in [0.05, 0.1) is 0 Å². The summed E-state index contributed by atoms with van der Waals surface area (Å²) in [5.41, 5.74) is -1.11. The number of hydrogen-bond acceptors (Lipinski definition) is 5. The predicted octanol–water partition coefficient (Wildman–Crippen LogP) is 0.0291. The Balaban J connectivity index is 1.87. The molecule has 2 N–H and O–H groups in total. The zero-order valence-corrected chi connectivity index (χ0v) is 12.3. The molecule has 2 saturated heterocycles. The SMILES string of the molecule is Cc1ccc(S(=O)(=O)N2CCC3(C2)NC(=O)NC3=O)s1. The van der Waals surface area contributed by atoms with Crippen LogP contribution in [0.4, 0.5) is 4.79 Å². The first-order valence-electron chi connectivity index (χ1n) is 6.04. The maximum atomic E-state index is 12.5. The van der Waals surface area contributed by atoms with Gasteiger partial charge in [-0.3, -0.25) is 10.1 Å². The van der Waals surface area contributed by atoms with Crippen molar-refractivity contribution < 1.29 is 18.0 Å². The summed E-state index contributed by atoms with van der Waals surface area (Å²) in [6.45, 7) is 2.02. The van der Waals surface area contributed by atoms with Crippen molar-refractivity contribution >= 4 is 33.3 Å². The lowest BCUT2D eigenvalue weighted by molar-refractivity contribution is -0.123. The number of carbonyl (C=O) groups is 2. The van der Waals surface area contributed by atoms with Crippen LogP contribution in [-0.2, 0) is 14.8 Å². The van der Waals surface area contributed by atoms with Crippen molar-refractivity contribution in [1.29, 1.82) is 0 Å². The first-order valence-corrected chi connectivity index (χ1v) is 8.29. The monoisotopic (exact) mass is 315 g/mol. The van der Waals surface area contributed by atoms with E-state index >= 15 is 0 Å². The maximum Gasteiger partial charge on any atom is 0.322 e. The van der Waals surface area contributed by atoms with Crippen LogP contribution in [0.25, 0.3) is 0 Å². The molecule has 0 aromatic carbocycles. The van der Waals surface area contributed by atoms with E-state index in [2.05, 4.69) is 10.6 Å². The molecule has 7 nitrogen and oxygen atoms in total. The van der Waals surface area contributed by atoms with Crippen molar-refractivity contribution in [2.75, 3.05) is 13.1 Å². The molecule has 1 spiro atoms. The summed E-state index contributed by atoms with van der Waals surface area (Å²) in [4.78, 5) is 24.0. The fourth-order valence-electron chi connectivity index (χ4n) is 2.47. The number of hydrogen-bond donors (Lipinski definition) is 2. The number of sulfonamides is 1. The Morgan fingerprint density at radius 2 is 2.10 bits per heavy atom. The van der Waals surface area contributed by atoms with E-state index in [4.69, 9.17) is 0 Å². The Morgan fingerprint density at radius 1 is 1.35 bits per heavy atom. The largest absolute Gasteiger partial charge is 0.322 e. The molecule has 3 rings (SSSR count). The van der Waals surface area contributed by atoms with Crippen molar-refractivity contribution in [3.05, 3.63) is 17.0 Å². The van der Waals surface area contributed by atoms with Gasteiger partial charge in [0, 0.05) is 18.0 Å². The fraction of sp³-hybridized carbons (Fsp3) is 0.455. The minimum atomic E-state index is -3.60. The highest BCUT2D eigenvalue weighted by molar-refractivity contribution is 7.91. The van der Waals surface area contributed by atoms with Gasteiger partial charge in [0.2, 0.25) is 0 Å². The van der Waals surface area contributed by atoms with Gasteiger partial charge in [-0.1, -0.05) is 0 Å². The lowest BCUT2D eigenvalue weighted by atomic mass is 10.00. The second-order valence-corrected chi connectivity index (χ2v) is 8.40. The molecule has 3 amide bonds. The van der Waals surface area contributed by atoms with Gasteiger partial charge in [-0.25, -0.2) is 13.2 Å². The highest BCUT2D eigenvalue weighted by atomic mass is 32.2. The molecule has 9 heteroatoms. The van der Waals surface area contributed by atoms with Crippen LogP contribution in [0.2, 0.25) is 0 Å². The van der Waals surface area contributed by atoms with E-state index in [1.54, 1.807) is 12.1 Å². The number of nitrogens with zero attached hydrogens (tertiary/aromatic N) is 1. The van der Waals surface area contributed by atoms with Gasteiger partial charge >= 0.3 is 6.03 Å². The minimum Gasteiger partial charge on any atom is -0.322 e. The molecular formula is C11H13N3O4S2. The van der Waals surface area contributed by atoms with Gasteiger partial charge < -0.3 is 5.32 Å². The van der Waals surface area contributed by atoms with Crippen molar-refractivity contribution in [2.45, 2.75) is 23.1 Å². The Labute approximate surface area is 120 Å². The standard InChI is InChI=1S/C11H13N3O4S2/c1-7-2-3-8(19-7)20(17,18)14-5-4-11(6-14)9(15)12-10(16)13-11/h2-3H,4-6H2,1H3,(H2,12,13,15,16). The molecule has 1 aromatic heterocycles. The van der Waals surface area contributed by atoms with Gasteiger partial charge in [0.1, 0.15) is 9.75 Å².